The van der Waals surface area contributed by atoms with Crippen molar-refractivity contribution in [2.45, 2.75) is 26.4 Å². The van der Waals surface area contributed by atoms with Gasteiger partial charge in [0.15, 0.2) is 0 Å². The molecule has 0 aliphatic heterocycles. The maximum absolute atomic E-state index is 12.8. The first-order valence-corrected chi connectivity index (χ1v) is 10.2. The Morgan fingerprint density at radius 2 is 1.90 bits per heavy atom. The van der Waals surface area contributed by atoms with E-state index in [1.165, 1.54) is 10.9 Å². The molecule has 1 atom stereocenters. The van der Waals surface area contributed by atoms with Gasteiger partial charge in [0.2, 0.25) is 5.91 Å². The van der Waals surface area contributed by atoms with Crippen LogP contribution in [0.2, 0.25) is 0 Å². The fourth-order valence-electron chi connectivity index (χ4n) is 3.34. The normalized spacial score (nSPS) is 12.1. The highest BCUT2D eigenvalue weighted by atomic mass is 32.1. The summed E-state index contributed by atoms with van der Waals surface area (Å²) in [5.41, 5.74) is 3.57. The van der Waals surface area contributed by atoms with Gasteiger partial charge in [-0.05, 0) is 42.5 Å². The van der Waals surface area contributed by atoms with Crippen molar-refractivity contribution in [1.29, 1.82) is 0 Å². The van der Waals surface area contributed by atoms with E-state index >= 15 is 0 Å². The van der Waals surface area contributed by atoms with Crippen LogP contribution in [-0.4, -0.2) is 15.5 Å². The van der Waals surface area contributed by atoms with E-state index in [-0.39, 0.29) is 24.1 Å². The predicted octanol–water partition coefficient (Wildman–Crippen LogP) is 3.98. The number of amides is 1. The van der Waals surface area contributed by atoms with Gasteiger partial charge in [-0.25, -0.2) is 4.98 Å². The van der Waals surface area contributed by atoms with Gasteiger partial charge in [0.05, 0.1) is 23.3 Å². The highest BCUT2D eigenvalue weighted by Crippen LogP contribution is 2.26. The Morgan fingerprint density at radius 1 is 1.10 bits per heavy atom. The largest absolute Gasteiger partial charge is 0.343 e. The van der Waals surface area contributed by atoms with Crippen molar-refractivity contribution in [3.05, 3.63) is 98.2 Å². The molecule has 0 aliphatic rings. The highest BCUT2D eigenvalue weighted by Gasteiger charge is 2.18. The molecule has 1 amide bonds. The number of aryl methyl sites for hydroxylation is 2. The Hall–Kier alpha value is -3.25. The summed E-state index contributed by atoms with van der Waals surface area (Å²) in [6.07, 6.45) is 1.45. The van der Waals surface area contributed by atoms with Crippen molar-refractivity contribution in [3.63, 3.8) is 0 Å². The first kappa shape index (κ1) is 19.1. The van der Waals surface area contributed by atoms with Crippen LogP contribution in [0.3, 0.4) is 0 Å². The average molecular weight is 404 g/mol. The summed E-state index contributed by atoms with van der Waals surface area (Å²) in [7, 11) is 0. The maximum Gasteiger partial charge on any atom is 0.261 e. The summed E-state index contributed by atoms with van der Waals surface area (Å²) in [4.78, 5) is 31.0. The number of nitrogens with zero attached hydrogens (tertiary/aromatic N) is 2. The molecule has 0 saturated carbocycles. The third-order valence-corrected chi connectivity index (χ3v) is 5.85. The SMILES string of the molecule is Cc1ccc(C(NC(=O)Cn2cnc3c(C)cccc3c2=O)c2cccs2)cc1. The van der Waals surface area contributed by atoms with E-state index in [0.717, 1.165) is 21.6 Å². The van der Waals surface area contributed by atoms with Crippen molar-refractivity contribution >= 4 is 28.1 Å². The molecule has 0 aliphatic carbocycles. The Morgan fingerprint density at radius 3 is 2.62 bits per heavy atom. The van der Waals surface area contributed by atoms with Gasteiger partial charge in [-0.2, -0.15) is 0 Å². The Balaban J connectivity index is 1.60. The Bertz CT molecular complexity index is 1210. The lowest BCUT2D eigenvalue weighted by atomic mass is 10.0. The second kappa shape index (κ2) is 8.01. The van der Waals surface area contributed by atoms with Crippen LogP contribution in [0.25, 0.3) is 10.9 Å². The Labute approximate surface area is 172 Å². The van der Waals surface area contributed by atoms with Crippen LogP contribution in [0.1, 0.15) is 27.6 Å². The summed E-state index contributed by atoms with van der Waals surface area (Å²) in [5.74, 6) is -0.236. The molecule has 0 fully saturated rings. The van der Waals surface area contributed by atoms with Gasteiger partial charge in [0.25, 0.3) is 5.56 Å². The number of nitrogens with one attached hydrogen (secondary N) is 1. The van der Waals surface area contributed by atoms with Crippen LogP contribution in [0.15, 0.2) is 71.1 Å². The summed E-state index contributed by atoms with van der Waals surface area (Å²) in [5, 5.41) is 5.59. The van der Waals surface area contributed by atoms with Crippen molar-refractivity contribution in [1.82, 2.24) is 14.9 Å². The number of aromatic nitrogens is 2. The van der Waals surface area contributed by atoms with Gasteiger partial charge in [0.1, 0.15) is 6.54 Å². The van der Waals surface area contributed by atoms with E-state index in [9.17, 15) is 9.59 Å². The predicted molar refractivity (Wildman–Crippen MR) is 116 cm³/mol. The third kappa shape index (κ3) is 3.98. The maximum atomic E-state index is 12.8. The summed E-state index contributed by atoms with van der Waals surface area (Å²) in [6, 6.07) is 17.3. The topological polar surface area (TPSA) is 64.0 Å². The lowest BCUT2D eigenvalue weighted by Gasteiger charge is -2.19. The van der Waals surface area contributed by atoms with Crippen LogP contribution < -0.4 is 10.9 Å². The molecule has 146 valence electrons. The van der Waals surface area contributed by atoms with Gasteiger partial charge in [-0.1, -0.05) is 48.0 Å². The zero-order chi connectivity index (χ0) is 20.4. The molecule has 0 saturated heterocycles. The van der Waals surface area contributed by atoms with Gasteiger partial charge in [-0.15, -0.1) is 11.3 Å². The molecule has 0 spiro atoms. The van der Waals surface area contributed by atoms with E-state index in [1.54, 1.807) is 17.4 Å². The quantitative estimate of drug-likeness (QED) is 0.548. The van der Waals surface area contributed by atoms with Crippen molar-refractivity contribution in [3.8, 4) is 0 Å². The second-order valence-electron chi connectivity index (χ2n) is 7.08. The van der Waals surface area contributed by atoms with Crippen LogP contribution in [-0.2, 0) is 11.3 Å². The van der Waals surface area contributed by atoms with Gasteiger partial charge < -0.3 is 5.32 Å². The van der Waals surface area contributed by atoms with Crippen LogP contribution in [0.4, 0.5) is 0 Å². The summed E-state index contributed by atoms with van der Waals surface area (Å²) < 4.78 is 1.36. The summed E-state index contributed by atoms with van der Waals surface area (Å²) >= 11 is 1.59. The van der Waals surface area contributed by atoms with E-state index in [2.05, 4.69) is 10.3 Å². The first-order valence-electron chi connectivity index (χ1n) is 9.37. The minimum absolute atomic E-state index is 0.0799. The second-order valence-corrected chi connectivity index (χ2v) is 8.05. The van der Waals surface area contributed by atoms with Gasteiger partial charge in [0, 0.05) is 4.88 Å². The minimum Gasteiger partial charge on any atom is -0.343 e. The number of hydrogen-bond donors (Lipinski definition) is 1. The number of hydrogen-bond acceptors (Lipinski definition) is 4. The zero-order valence-electron chi connectivity index (χ0n) is 16.3. The molecule has 2 heterocycles. The average Bonchev–Trinajstić information content (AvgIpc) is 3.24. The number of carbonyl (C=O) groups is 1. The van der Waals surface area contributed by atoms with Crippen molar-refractivity contribution < 1.29 is 4.79 Å². The molecular weight excluding hydrogens is 382 g/mol. The number of rotatable bonds is 5. The first-order chi connectivity index (χ1) is 14.0. The third-order valence-electron chi connectivity index (χ3n) is 4.91. The molecular formula is C23H21N3O2S. The number of fused-ring (bicyclic) bond motifs is 1. The number of carbonyl (C=O) groups excluding carboxylic acids is 1. The van der Waals surface area contributed by atoms with E-state index in [4.69, 9.17) is 0 Å². The van der Waals surface area contributed by atoms with E-state index in [0.29, 0.717) is 10.9 Å². The molecule has 2 aromatic heterocycles. The molecule has 1 unspecified atom stereocenters. The fourth-order valence-corrected chi connectivity index (χ4v) is 4.15. The van der Waals surface area contributed by atoms with Crippen LogP contribution in [0.5, 0.6) is 0 Å². The molecule has 0 radical (unpaired) electrons. The number of para-hydroxylation sites is 1. The van der Waals surface area contributed by atoms with Crippen molar-refractivity contribution in [2.24, 2.45) is 0 Å². The Kier molecular flexibility index (Phi) is 5.27. The standard InChI is InChI=1S/C23H21N3O2S/c1-15-8-10-17(11-9-15)22(19-7-4-12-29-19)25-20(27)13-26-14-24-21-16(2)5-3-6-18(21)23(26)28/h3-12,14,22H,13H2,1-2H3,(H,25,27). The van der Waals surface area contributed by atoms with Gasteiger partial charge in [-0.3, -0.25) is 14.2 Å². The zero-order valence-corrected chi connectivity index (χ0v) is 17.1. The molecule has 29 heavy (non-hydrogen) atoms. The van der Waals surface area contributed by atoms with Gasteiger partial charge >= 0.3 is 0 Å². The molecule has 4 aromatic rings. The summed E-state index contributed by atoms with van der Waals surface area (Å²) in [6.45, 7) is 3.87. The molecule has 2 aromatic carbocycles. The molecule has 6 heteroatoms. The monoisotopic (exact) mass is 403 g/mol. The van der Waals surface area contributed by atoms with Crippen LogP contribution >= 0.6 is 11.3 Å². The molecule has 5 nitrogen and oxygen atoms in total. The minimum atomic E-state index is -0.255. The number of thiophene rings is 1. The highest BCUT2D eigenvalue weighted by molar-refractivity contribution is 7.10. The van der Waals surface area contributed by atoms with E-state index < -0.39 is 0 Å². The fraction of sp³-hybridized carbons (Fsp3) is 0.174. The smallest absolute Gasteiger partial charge is 0.261 e. The molecule has 0 bridgehead atoms. The lowest BCUT2D eigenvalue weighted by Crippen LogP contribution is -2.35. The molecule has 1 N–H and O–H groups in total. The number of benzene rings is 2. The van der Waals surface area contributed by atoms with E-state index in [1.807, 2.05) is 67.8 Å². The van der Waals surface area contributed by atoms with Crippen LogP contribution in [0, 0.1) is 13.8 Å². The molecule has 4 rings (SSSR count). The van der Waals surface area contributed by atoms with Crippen molar-refractivity contribution in [2.75, 3.05) is 0 Å². The lowest BCUT2D eigenvalue weighted by molar-refractivity contribution is -0.122.